The van der Waals surface area contributed by atoms with Crippen molar-refractivity contribution in [2.24, 2.45) is 5.92 Å². The van der Waals surface area contributed by atoms with Gasteiger partial charge in [-0.15, -0.1) is 0 Å². The summed E-state index contributed by atoms with van der Waals surface area (Å²) in [4.78, 5) is 11.0. The van der Waals surface area contributed by atoms with Gasteiger partial charge in [-0.1, -0.05) is 25.3 Å². The van der Waals surface area contributed by atoms with Crippen molar-refractivity contribution in [2.45, 2.75) is 45.6 Å². The molecule has 2 N–H and O–H groups in total. The second-order valence-corrected chi connectivity index (χ2v) is 5.41. The lowest BCUT2D eigenvalue weighted by Gasteiger charge is -2.29. The lowest BCUT2D eigenvalue weighted by Crippen LogP contribution is -2.23. The first kappa shape index (κ1) is 12.9. The van der Waals surface area contributed by atoms with Crippen molar-refractivity contribution in [1.29, 1.82) is 0 Å². The van der Waals surface area contributed by atoms with Crippen molar-refractivity contribution in [2.75, 3.05) is 5.32 Å². The average Bonchev–Trinajstić information content (AvgIpc) is 2.26. The minimum atomic E-state index is -0.871. The number of carboxylic acids is 1. The molecule has 1 saturated carbocycles. The molecule has 0 saturated heterocycles. The van der Waals surface area contributed by atoms with Gasteiger partial charge in [-0.3, -0.25) is 0 Å². The molecule has 18 heavy (non-hydrogen) atoms. The van der Waals surface area contributed by atoms with E-state index in [0.29, 0.717) is 11.6 Å². The molecule has 1 fully saturated rings. The van der Waals surface area contributed by atoms with E-state index in [1.807, 2.05) is 13.0 Å². The molecule has 98 valence electrons. The third-order valence-electron chi connectivity index (χ3n) is 3.80. The third kappa shape index (κ3) is 3.03. The zero-order chi connectivity index (χ0) is 13.1. The van der Waals surface area contributed by atoms with Crippen molar-refractivity contribution in [3.63, 3.8) is 0 Å². The topological polar surface area (TPSA) is 49.3 Å². The highest BCUT2D eigenvalue weighted by Gasteiger charge is 2.20. The van der Waals surface area contributed by atoms with Gasteiger partial charge in [0.1, 0.15) is 0 Å². The molecular weight excluding hydrogens is 226 g/mol. The van der Waals surface area contributed by atoms with Crippen molar-refractivity contribution in [3.8, 4) is 0 Å². The molecule has 1 aromatic rings. The number of hydrogen-bond acceptors (Lipinski definition) is 2. The van der Waals surface area contributed by atoms with E-state index in [4.69, 9.17) is 5.11 Å². The highest BCUT2D eigenvalue weighted by molar-refractivity contribution is 5.89. The van der Waals surface area contributed by atoms with E-state index < -0.39 is 5.97 Å². The first-order valence-corrected chi connectivity index (χ1v) is 6.66. The summed E-state index contributed by atoms with van der Waals surface area (Å²) >= 11 is 0. The Balaban J connectivity index is 2.02. The SMILES string of the molecule is Cc1ccc(C(=O)O)cc1NC(C)CC1CCC1. The molecule has 3 nitrogen and oxygen atoms in total. The summed E-state index contributed by atoms with van der Waals surface area (Å²) in [5.74, 6) is -0.0137. The molecule has 3 heteroatoms. The molecular formula is C15H21NO2. The highest BCUT2D eigenvalue weighted by Crippen LogP contribution is 2.31. The number of aromatic carboxylic acids is 1. The van der Waals surface area contributed by atoms with Crippen LogP contribution in [0.5, 0.6) is 0 Å². The largest absolute Gasteiger partial charge is 0.478 e. The summed E-state index contributed by atoms with van der Waals surface area (Å²) in [7, 11) is 0. The molecule has 0 aromatic heterocycles. The van der Waals surface area contributed by atoms with Crippen LogP contribution in [0.15, 0.2) is 18.2 Å². The van der Waals surface area contributed by atoms with Gasteiger partial charge in [0.25, 0.3) is 0 Å². The summed E-state index contributed by atoms with van der Waals surface area (Å²) in [6.45, 7) is 4.18. The van der Waals surface area contributed by atoms with E-state index in [1.54, 1.807) is 12.1 Å². The summed E-state index contributed by atoms with van der Waals surface area (Å²) < 4.78 is 0. The molecule has 1 aliphatic rings. The van der Waals surface area contributed by atoms with E-state index in [-0.39, 0.29) is 0 Å². The van der Waals surface area contributed by atoms with Gasteiger partial charge in [0.15, 0.2) is 0 Å². The van der Waals surface area contributed by atoms with Gasteiger partial charge in [0, 0.05) is 11.7 Å². The van der Waals surface area contributed by atoms with E-state index in [2.05, 4.69) is 12.2 Å². The number of hydrogen-bond donors (Lipinski definition) is 2. The molecule has 1 aromatic carbocycles. The fourth-order valence-electron chi connectivity index (χ4n) is 2.46. The second kappa shape index (κ2) is 5.42. The zero-order valence-corrected chi connectivity index (χ0v) is 11.1. The average molecular weight is 247 g/mol. The van der Waals surface area contributed by atoms with Gasteiger partial charge in [-0.2, -0.15) is 0 Å². The predicted molar refractivity (Wildman–Crippen MR) is 73.2 cm³/mol. The van der Waals surface area contributed by atoms with Crippen molar-refractivity contribution in [3.05, 3.63) is 29.3 Å². The number of benzene rings is 1. The fourth-order valence-corrected chi connectivity index (χ4v) is 2.46. The van der Waals surface area contributed by atoms with Crippen LogP contribution < -0.4 is 5.32 Å². The maximum Gasteiger partial charge on any atom is 0.335 e. The van der Waals surface area contributed by atoms with Crippen LogP contribution in [0.1, 0.15) is 48.5 Å². The smallest absolute Gasteiger partial charge is 0.335 e. The predicted octanol–water partition coefficient (Wildman–Crippen LogP) is 3.68. The number of anilines is 1. The molecule has 0 bridgehead atoms. The van der Waals surface area contributed by atoms with Crippen LogP contribution in [0.2, 0.25) is 0 Å². The van der Waals surface area contributed by atoms with Gasteiger partial charge >= 0.3 is 5.97 Å². The minimum absolute atomic E-state index is 0.346. The normalized spacial score (nSPS) is 17.0. The number of carboxylic acid groups (broad SMARTS) is 1. The molecule has 0 spiro atoms. The summed E-state index contributed by atoms with van der Waals surface area (Å²) in [5.41, 5.74) is 2.39. The Morgan fingerprint density at radius 3 is 2.78 bits per heavy atom. The molecule has 1 unspecified atom stereocenters. The van der Waals surface area contributed by atoms with Crippen molar-refractivity contribution >= 4 is 11.7 Å². The molecule has 0 aliphatic heterocycles. The molecule has 0 radical (unpaired) electrons. The Kier molecular flexibility index (Phi) is 3.90. The van der Waals surface area contributed by atoms with Crippen molar-refractivity contribution in [1.82, 2.24) is 0 Å². The first-order chi connectivity index (χ1) is 8.56. The summed E-state index contributed by atoms with van der Waals surface area (Å²) in [5, 5.41) is 12.4. The van der Waals surface area contributed by atoms with E-state index in [1.165, 1.54) is 25.7 Å². The third-order valence-corrected chi connectivity index (χ3v) is 3.80. The standard InChI is InChI=1S/C15H21NO2/c1-10-6-7-13(15(17)18)9-14(10)16-11(2)8-12-4-3-5-12/h6-7,9,11-12,16H,3-5,8H2,1-2H3,(H,17,18). The lowest BCUT2D eigenvalue weighted by atomic mass is 9.81. The number of carbonyl (C=O) groups is 1. The Labute approximate surface area is 108 Å². The molecule has 0 amide bonds. The van der Waals surface area contributed by atoms with Gasteiger partial charge < -0.3 is 10.4 Å². The maximum atomic E-state index is 11.0. The Bertz CT molecular complexity index is 438. The van der Waals surface area contributed by atoms with Gasteiger partial charge in [-0.25, -0.2) is 4.79 Å². The van der Waals surface area contributed by atoms with Crippen LogP contribution in [0.3, 0.4) is 0 Å². The second-order valence-electron chi connectivity index (χ2n) is 5.41. The maximum absolute atomic E-state index is 11.0. The monoisotopic (exact) mass is 247 g/mol. The van der Waals surface area contributed by atoms with Crippen LogP contribution in [0.25, 0.3) is 0 Å². The first-order valence-electron chi connectivity index (χ1n) is 6.66. The van der Waals surface area contributed by atoms with E-state index in [0.717, 1.165) is 17.2 Å². The summed E-state index contributed by atoms with van der Waals surface area (Å²) in [6, 6.07) is 5.65. The molecule has 1 aliphatic carbocycles. The van der Waals surface area contributed by atoms with Crippen LogP contribution in [0.4, 0.5) is 5.69 Å². The van der Waals surface area contributed by atoms with Crippen molar-refractivity contribution < 1.29 is 9.90 Å². The van der Waals surface area contributed by atoms with Crippen LogP contribution in [0, 0.1) is 12.8 Å². The highest BCUT2D eigenvalue weighted by atomic mass is 16.4. The number of aryl methyl sites for hydroxylation is 1. The number of rotatable bonds is 5. The quantitative estimate of drug-likeness (QED) is 0.834. The Morgan fingerprint density at radius 1 is 1.50 bits per heavy atom. The van der Waals surface area contributed by atoms with Crippen LogP contribution >= 0.6 is 0 Å². The molecule has 1 atom stereocenters. The minimum Gasteiger partial charge on any atom is -0.478 e. The fraction of sp³-hybridized carbons (Fsp3) is 0.533. The zero-order valence-electron chi connectivity index (χ0n) is 11.1. The number of nitrogens with one attached hydrogen (secondary N) is 1. The Hall–Kier alpha value is -1.51. The van der Waals surface area contributed by atoms with E-state index in [9.17, 15) is 4.79 Å². The van der Waals surface area contributed by atoms with Gasteiger partial charge in [-0.05, 0) is 43.9 Å². The van der Waals surface area contributed by atoms with Gasteiger partial charge in [0.2, 0.25) is 0 Å². The molecule has 2 rings (SSSR count). The lowest BCUT2D eigenvalue weighted by molar-refractivity contribution is 0.0697. The van der Waals surface area contributed by atoms with Crippen LogP contribution in [-0.4, -0.2) is 17.1 Å². The summed E-state index contributed by atoms with van der Waals surface area (Å²) in [6.07, 6.45) is 5.24. The Morgan fingerprint density at radius 2 is 2.22 bits per heavy atom. The molecule has 0 heterocycles. The van der Waals surface area contributed by atoms with E-state index >= 15 is 0 Å². The van der Waals surface area contributed by atoms with Crippen LogP contribution in [-0.2, 0) is 0 Å². The van der Waals surface area contributed by atoms with Gasteiger partial charge in [0.05, 0.1) is 5.56 Å².